The molecule has 0 aliphatic rings. The standard InChI is InChI=1S/C10H8NO2/c1-8(13-7-12)10-5-3-2-4-9(10)6-11/h2-5,8H,1H3. The number of hydrogen-bond donors (Lipinski definition) is 0. The number of nitriles is 1. The van der Waals surface area contributed by atoms with E-state index in [2.05, 4.69) is 4.74 Å². The van der Waals surface area contributed by atoms with Gasteiger partial charge in [0.2, 0.25) is 0 Å². The number of nitrogens with zero attached hydrogens (tertiary/aromatic N) is 1. The first kappa shape index (κ1) is 9.27. The molecule has 1 radical (unpaired) electrons. The molecule has 0 heterocycles. The van der Waals surface area contributed by atoms with Crippen molar-refractivity contribution in [1.29, 1.82) is 5.26 Å². The van der Waals surface area contributed by atoms with E-state index in [0.717, 1.165) is 0 Å². The van der Waals surface area contributed by atoms with Gasteiger partial charge in [-0.05, 0) is 13.0 Å². The monoisotopic (exact) mass is 174 g/mol. The lowest BCUT2D eigenvalue weighted by Crippen LogP contribution is -2.00. The molecule has 0 fully saturated rings. The number of hydrogen-bond acceptors (Lipinski definition) is 3. The summed E-state index contributed by atoms with van der Waals surface area (Å²) in [6, 6.07) is 9.01. The van der Waals surface area contributed by atoms with Gasteiger partial charge in [0.05, 0.1) is 11.6 Å². The Bertz CT molecular complexity index is 341. The summed E-state index contributed by atoms with van der Waals surface area (Å²) in [5.74, 6) is 0. The fraction of sp³-hybridized carbons (Fsp3) is 0.200. The normalized spacial score (nSPS) is 11.4. The number of benzene rings is 1. The van der Waals surface area contributed by atoms with Crippen molar-refractivity contribution in [2.45, 2.75) is 13.0 Å². The van der Waals surface area contributed by atoms with Crippen LogP contribution in [-0.2, 0) is 9.53 Å². The summed E-state index contributed by atoms with van der Waals surface area (Å²) in [5.41, 5.74) is 1.22. The van der Waals surface area contributed by atoms with Crippen molar-refractivity contribution in [2.24, 2.45) is 0 Å². The van der Waals surface area contributed by atoms with Crippen LogP contribution in [-0.4, -0.2) is 6.47 Å². The third kappa shape index (κ3) is 2.06. The van der Waals surface area contributed by atoms with Crippen molar-refractivity contribution < 1.29 is 9.53 Å². The van der Waals surface area contributed by atoms with Crippen molar-refractivity contribution in [2.75, 3.05) is 0 Å². The SMILES string of the molecule is CC(O[C]=O)c1ccccc1C#N. The van der Waals surface area contributed by atoms with Crippen LogP contribution < -0.4 is 0 Å². The molecule has 0 aliphatic carbocycles. The van der Waals surface area contributed by atoms with E-state index >= 15 is 0 Å². The highest BCUT2D eigenvalue weighted by Gasteiger charge is 2.09. The van der Waals surface area contributed by atoms with Gasteiger partial charge in [0.1, 0.15) is 6.10 Å². The minimum absolute atomic E-state index is 0.423. The summed E-state index contributed by atoms with van der Waals surface area (Å²) < 4.78 is 4.61. The quantitative estimate of drug-likeness (QED) is 0.700. The second-order valence-electron chi connectivity index (χ2n) is 2.54. The first-order valence-corrected chi connectivity index (χ1v) is 3.81. The van der Waals surface area contributed by atoms with Crippen LogP contribution in [0.1, 0.15) is 24.2 Å². The number of rotatable bonds is 3. The van der Waals surface area contributed by atoms with E-state index in [4.69, 9.17) is 5.26 Å². The zero-order valence-corrected chi connectivity index (χ0v) is 7.15. The molecule has 0 saturated heterocycles. The molecule has 3 nitrogen and oxygen atoms in total. The highest BCUT2D eigenvalue weighted by Crippen LogP contribution is 2.19. The molecule has 65 valence electrons. The third-order valence-corrected chi connectivity index (χ3v) is 1.74. The molecule has 1 aromatic carbocycles. The molecule has 0 aromatic heterocycles. The van der Waals surface area contributed by atoms with Gasteiger partial charge >= 0.3 is 6.47 Å². The summed E-state index contributed by atoms with van der Waals surface area (Å²) in [7, 11) is 0. The summed E-state index contributed by atoms with van der Waals surface area (Å²) in [4.78, 5) is 9.96. The second kappa shape index (κ2) is 4.27. The minimum Gasteiger partial charge on any atom is -0.449 e. The smallest absolute Gasteiger partial charge is 0.418 e. The van der Waals surface area contributed by atoms with Crippen LogP contribution in [0.5, 0.6) is 0 Å². The van der Waals surface area contributed by atoms with E-state index in [-0.39, 0.29) is 0 Å². The fourth-order valence-electron chi connectivity index (χ4n) is 1.09. The van der Waals surface area contributed by atoms with E-state index in [0.29, 0.717) is 11.1 Å². The van der Waals surface area contributed by atoms with Gasteiger partial charge in [-0.3, -0.25) is 0 Å². The van der Waals surface area contributed by atoms with Crippen molar-refractivity contribution >= 4 is 6.47 Å². The number of carbonyl (C=O) groups excluding carboxylic acids is 1. The Labute approximate surface area is 76.6 Å². The summed E-state index contributed by atoms with van der Waals surface area (Å²) in [6.07, 6.45) is -0.423. The Balaban J connectivity index is 2.99. The Kier molecular flexibility index (Phi) is 3.04. The Morgan fingerprint density at radius 3 is 2.77 bits per heavy atom. The van der Waals surface area contributed by atoms with Gasteiger partial charge in [-0.2, -0.15) is 5.26 Å². The van der Waals surface area contributed by atoms with E-state index in [1.807, 2.05) is 6.07 Å². The van der Waals surface area contributed by atoms with Crippen LogP contribution in [0.15, 0.2) is 24.3 Å². The molecule has 0 spiro atoms. The zero-order valence-electron chi connectivity index (χ0n) is 7.15. The van der Waals surface area contributed by atoms with Crippen LogP contribution >= 0.6 is 0 Å². The molecule has 1 unspecified atom stereocenters. The van der Waals surface area contributed by atoms with Crippen molar-refractivity contribution in [1.82, 2.24) is 0 Å². The maximum absolute atomic E-state index is 9.96. The molecule has 1 rings (SSSR count). The van der Waals surface area contributed by atoms with Crippen molar-refractivity contribution in [3.8, 4) is 6.07 Å². The Morgan fingerprint density at radius 1 is 1.46 bits per heavy atom. The first-order chi connectivity index (χ1) is 6.29. The summed E-state index contributed by atoms with van der Waals surface area (Å²) in [6.45, 7) is 3.05. The van der Waals surface area contributed by atoms with Crippen LogP contribution in [0.4, 0.5) is 0 Å². The first-order valence-electron chi connectivity index (χ1n) is 3.81. The molecule has 0 aliphatic heterocycles. The molecular formula is C10H8NO2. The predicted octanol–water partition coefficient (Wildman–Crippen LogP) is 1.70. The van der Waals surface area contributed by atoms with Gasteiger partial charge in [0.25, 0.3) is 0 Å². The fourth-order valence-corrected chi connectivity index (χ4v) is 1.09. The molecule has 0 amide bonds. The molecule has 0 N–H and O–H groups in total. The van der Waals surface area contributed by atoms with Gasteiger partial charge in [0, 0.05) is 5.56 Å². The Morgan fingerprint density at radius 2 is 2.15 bits per heavy atom. The largest absolute Gasteiger partial charge is 0.449 e. The van der Waals surface area contributed by atoms with Gasteiger partial charge in [-0.15, -0.1) is 0 Å². The topological polar surface area (TPSA) is 50.1 Å². The van der Waals surface area contributed by atoms with Crippen LogP contribution in [0.3, 0.4) is 0 Å². The van der Waals surface area contributed by atoms with Gasteiger partial charge in [-0.1, -0.05) is 18.2 Å². The van der Waals surface area contributed by atoms with E-state index in [1.54, 1.807) is 31.2 Å². The van der Waals surface area contributed by atoms with Crippen molar-refractivity contribution in [3.05, 3.63) is 35.4 Å². The van der Waals surface area contributed by atoms with Gasteiger partial charge in [-0.25, -0.2) is 4.79 Å². The molecule has 1 atom stereocenters. The maximum atomic E-state index is 9.96. The van der Waals surface area contributed by atoms with Crippen molar-refractivity contribution in [3.63, 3.8) is 0 Å². The average molecular weight is 174 g/mol. The van der Waals surface area contributed by atoms with Crippen LogP contribution in [0.25, 0.3) is 0 Å². The van der Waals surface area contributed by atoms with E-state index in [1.165, 1.54) is 6.47 Å². The Hall–Kier alpha value is -1.82. The van der Waals surface area contributed by atoms with Crippen LogP contribution in [0.2, 0.25) is 0 Å². The number of ether oxygens (including phenoxy) is 1. The molecule has 0 bridgehead atoms. The summed E-state index contributed by atoms with van der Waals surface area (Å²) in [5, 5.41) is 8.73. The predicted molar refractivity (Wildman–Crippen MR) is 46.4 cm³/mol. The highest BCUT2D eigenvalue weighted by atomic mass is 16.5. The molecule has 13 heavy (non-hydrogen) atoms. The molecular weight excluding hydrogens is 166 g/mol. The molecule has 3 heteroatoms. The second-order valence-corrected chi connectivity index (χ2v) is 2.54. The highest BCUT2D eigenvalue weighted by molar-refractivity contribution is 5.43. The average Bonchev–Trinajstić information content (AvgIpc) is 2.18. The molecule has 0 saturated carbocycles. The van der Waals surface area contributed by atoms with E-state index < -0.39 is 6.10 Å². The lowest BCUT2D eigenvalue weighted by molar-refractivity contribution is 0.197. The van der Waals surface area contributed by atoms with Gasteiger partial charge < -0.3 is 4.74 Å². The van der Waals surface area contributed by atoms with Gasteiger partial charge in [0.15, 0.2) is 0 Å². The minimum atomic E-state index is -0.423. The molecule has 1 aromatic rings. The van der Waals surface area contributed by atoms with E-state index in [9.17, 15) is 4.79 Å². The summed E-state index contributed by atoms with van der Waals surface area (Å²) >= 11 is 0. The lowest BCUT2D eigenvalue weighted by Gasteiger charge is -2.09. The maximum Gasteiger partial charge on any atom is 0.418 e. The lowest BCUT2D eigenvalue weighted by atomic mass is 10.0. The van der Waals surface area contributed by atoms with Crippen LogP contribution in [0, 0.1) is 11.3 Å². The zero-order chi connectivity index (χ0) is 9.68. The third-order valence-electron chi connectivity index (χ3n) is 1.74.